The third-order valence-corrected chi connectivity index (χ3v) is 0.459. The molecule has 0 aromatic rings. The minimum absolute atomic E-state index is 0.0347. The Balaban J connectivity index is 3.40. The maximum Gasteiger partial charge on any atom is 0.145 e. The van der Waals surface area contributed by atoms with E-state index in [4.69, 9.17) is 16.1 Å². The van der Waals surface area contributed by atoms with Gasteiger partial charge in [-0.05, 0) is 0 Å². The van der Waals surface area contributed by atoms with E-state index in [-0.39, 0.29) is 12.3 Å². The second-order valence-electron chi connectivity index (χ2n) is 1.03. The molecule has 0 aromatic carbocycles. The maximum absolute atomic E-state index is 7.86. The fourth-order valence-electron chi connectivity index (χ4n) is 0.152. The summed E-state index contributed by atoms with van der Waals surface area (Å²) in [6.45, 7) is 0. The molecule has 0 unspecified atom stereocenters. The molecule has 0 atom stereocenters. The van der Waals surface area contributed by atoms with Crippen LogP contribution in [0.5, 0.6) is 0 Å². The van der Waals surface area contributed by atoms with E-state index in [0.717, 1.165) is 0 Å². The SMILES string of the molecule is NC(C/[C]=N/O)=NO. The van der Waals surface area contributed by atoms with Crippen LogP contribution in [0.2, 0.25) is 0 Å². The summed E-state index contributed by atoms with van der Waals surface area (Å²) in [5, 5.41) is 20.7. The summed E-state index contributed by atoms with van der Waals surface area (Å²) >= 11 is 0. The molecule has 5 heteroatoms. The summed E-state index contributed by atoms with van der Waals surface area (Å²) in [6, 6.07) is 0. The lowest BCUT2D eigenvalue weighted by Crippen LogP contribution is -2.11. The number of amidine groups is 1. The molecule has 0 saturated heterocycles. The number of oxime groups is 1. The van der Waals surface area contributed by atoms with Crippen molar-refractivity contribution in [2.45, 2.75) is 6.42 Å². The predicted molar refractivity (Wildman–Crippen MR) is 27.2 cm³/mol. The van der Waals surface area contributed by atoms with E-state index in [1.165, 1.54) is 0 Å². The van der Waals surface area contributed by atoms with E-state index < -0.39 is 0 Å². The standard InChI is InChI=1S/C3H6N3O2/c4-3(6-8)1-2-5-7/h7-8H,1H2,(H2,4,6). The second-order valence-corrected chi connectivity index (χ2v) is 1.03. The van der Waals surface area contributed by atoms with Crippen LogP contribution in [-0.2, 0) is 0 Å². The van der Waals surface area contributed by atoms with Crippen molar-refractivity contribution >= 4 is 12.1 Å². The molecule has 0 amide bonds. The second kappa shape index (κ2) is 3.91. The van der Waals surface area contributed by atoms with Crippen LogP contribution in [-0.4, -0.2) is 22.5 Å². The highest BCUT2D eigenvalue weighted by Gasteiger charge is 1.85. The molecule has 0 aliphatic carbocycles. The summed E-state index contributed by atoms with van der Waals surface area (Å²) in [7, 11) is 0. The fraction of sp³-hybridized carbons (Fsp3) is 0.333. The lowest BCUT2D eigenvalue weighted by atomic mass is 10.4. The number of rotatable bonds is 2. The Morgan fingerprint density at radius 3 is 2.62 bits per heavy atom. The van der Waals surface area contributed by atoms with Crippen LogP contribution in [0.1, 0.15) is 6.42 Å². The van der Waals surface area contributed by atoms with Crippen molar-refractivity contribution in [1.29, 1.82) is 0 Å². The summed E-state index contributed by atoms with van der Waals surface area (Å²) in [6.07, 6.45) is 2.10. The van der Waals surface area contributed by atoms with Crippen molar-refractivity contribution in [3.63, 3.8) is 0 Å². The van der Waals surface area contributed by atoms with Crippen molar-refractivity contribution in [3.05, 3.63) is 0 Å². The molecule has 8 heavy (non-hydrogen) atoms. The first-order chi connectivity index (χ1) is 3.81. The van der Waals surface area contributed by atoms with Gasteiger partial charge in [0.1, 0.15) is 12.1 Å². The van der Waals surface area contributed by atoms with Crippen LogP contribution >= 0.6 is 0 Å². The minimum Gasteiger partial charge on any atom is -0.411 e. The molecule has 0 saturated carbocycles. The normalized spacial score (nSPS) is 12.8. The van der Waals surface area contributed by atoms with Gasteiger partial charge in [-0.3, -0.25) is 0 Å². The Morgan fingerprint density at radius 1 is 1.62 bits per heavy atom. The average molecular weight is 116 g/mol. The van der Waals surface area contributed by atoms with Crippen LogP contribution in [0, 0.1) is 0 Å². The van der Waals surface area contributed by atoms with Gasteiger partial charge in [-0.25, -0.2) is 0 Å². The highest BCUT2D eigenvalue weighted by molar-refractivity contribution is 5.91. The monoisotopic (exact) mass is 116 g/mol. The summed E-state index contributed by atoms with van der Waals surface area (Å²) in [5.41, 5.74) is 4.93. The van der Waals surface area contributed by atoms with Crippen LogP contribution in [0.25, 0.3) is 0 Å². The van der Waals surface area contributed by atoms with Crippen molar-refractivity contribution < 1.29 is 10.4 Å². The Labute approximate surface area is 46.1 Å². The first-order valence-corrected chi connectivity index (χ1v) is 1.84. The first-order valence-electron chi connectivity index (χ1n) is 1.84. The van der Waals surface area contributed by atoms with E-state index in [9.17, 15) is 0 Å². The van der Waals surface area contributed by atoms with Gasteiger partial charge >= 0.3 is 0 Å². The molecular formula is C3H6N3O2. The molecule has 0 aromatic heterocycles. The smallest absolute Gasteiger partial charge is 0.145 e. The van der Waals surface area contributed by atoms with E-state index in [1.807, 2.05) is 0 Å². The van der Waals surface area contributed by atoms with Gasteiger partial charge in [0.2, 0.25) is 0 Å². The molecule has 0 spiro atoms. The van der Waals surface area contributed by atoms with Crippen molar-refractivity contribution in [2.75, 3.05) is 0 Å². The predicted octanol–water partition coefficient (Wildman–Crippen LogP) is -0.540. The van der Waals surface area contributed by atoms with Crippen molar-refractivity contribution in [3.8, 4) is 0 Å². The van der Waals surface area contributed by atoms with Gasteiger partial charge in [-0.15, -0.1) is 0 Å². The van der Waals surface area contributed by atoms with Gasteiger partial charge in [0.25, 0.3) is 0 Å². The Morgan fingerprint density at radius 2 is 2.25 bits per heavy atom. The number of nitrogens with zero attached hydrogens (tertiary/aromatic N) is 2. The Hall–Kier alpha value is -1.26. The summed E-state index contributed by atoms with van der Waals surface area (Å²) in [4.78, 5) is 0. The van der Waals surface area contributed by atoms with Crippen LogP contribution in [0.4, 0.5) is 0 Å². The zero-order chi connectivity index (χ0) is 6.41. The van der Waals surface area contributed by atoms with E-state index in [0.29, 0.717) is 0 Å². The fourth-order valence-corrected chi connectivity index (χ4v) is 0.152. The lowest BCUT2D eigenvalue weighted by molar-refractivity contribution is 0.316. The van der Waals surface area contributed by atoms with Gasteiger partial charge in [0.15, 0.2) is 0 Å². The third-order valence-electron chi connectivity index (χ3n) is 0.459. The van der Waals surface area contributed by atoms with Gasteiger partial charge < -0.3 is 16.1 Å². The molecule has 0 heterocycles. The molecule has 0 bridgehead atoms. The summed E-state index contributed by atoms with van der Waals surface area (Å²) in [5.74, 6) is -0.0391. The van der Waals surface area contributed by atoms with Gasteiger partial charge in [-0.2, -0.15) is 0 Å². The number of hydrogen-bond donors (Lipinski definition) is 3. The van der Waals surface area contributed by atoms with Crippen LogP contribution in [0.15, 0.2) is 10.3 Å². The maximum atomic E-state index is 7.86. The number of nitrogens with two attached hydrogens (primary N) is 1. The molecule has 0 fully saturated rings. The van der Waals surface area contributed by atoms with Crippen LogP contribution in [0.3, 0.4) is 0 Å². The average Bonchev–Trinajstić information content (AvgIpc) is 1.83. The molecule has 4 N–H and O–H groups in total. The largest absolute Gasteiger partial charge is 0.411 e. The Bertz CT molecular complexity index is 109. The first kappa shape index (κ1) is 6.74. The highest BCUT2D eigenvalue weighted by atomic mass is 16.4. The molecule has 45 valence electrons. The quantitative estimate of drug-likeness (QED) is 0.196. The molecule has 5 nitrogen and oxygen atoms in total. The van der Waals surface area contributed by atoms with E-state index in [1.54, 1.807) is 0 Å². The third kappa shape index (κ3) is 2.95. The Kier molecular flexibility index (Phi) is 3.30. The molecular weight excluding hydrogens is 110 g/mol. The van der Waals surface area contributed by atoms with Crippen molar-refractivity contribution in [1.82, 2.24) is 0 Å². The molecule has 1 radical (unpaired) electrons. The van der Waals surface area contributed by atoms with Crippen LogP contribution < -0.4 is 5.73 Å². The molecule has 0 aliphatic heterocycles. The van der Waals surface area contributed by atoms with Gasteiger partial charge in [0.05, 0.1) is 6.42 Å². The topological polar surface area (TPSA) is 91.2 Å². The van der Waals surface area contributed by atoms with Crippen molar-refractivity contribution in [2.24, 2.45) is 16.0 Å². The van der Waals surface area contributed by atoms with Gasteiger partial charge in [0, 0.05) is 0 Å². The lowest BCUT2D eigenvalue weighted by Gasteiger charge is -1.84. The van der Waals surface area contributed by atoms with Gasteiger partial charge in [-0.1, -0.05) is 10.3 Å². The summed E-state index contributed by atoms with van der Waals surface area (Å²) < 4.78 is 0. The number of hydrogen-bond acceptors (Lipinski definition) is 4. The zero-order valence-corrected chi connectivity index (χ0v) is 4.07. The zero-order valence-electron chi connectivity index (χ0n) is 4.07. The highest BCUT2D eigenvalue weighted by Crippen LogP contribution is 1.71. The minimum atomic E-state index is -0.0391. The molecule has 0 rings (SSSR count). The van der Waals surface area contributed by atoms with E-state index in [2.05, 4.69) is 16.5 Å². The van der Waals surface area contributed by atoms with E-state index >= 15 is 0 Å². The molecule has 0 aliphatic rings.